The van der Waals surface area contributed by atoms with Crippen LogP contribution in [0.25, 0.3) is 0 Å². The predicted molar refractivity (Wildman–Crippen MR) is 107 cm³/mol. The number of ether oxygens (including phenoxy) is 1. The Labute approximate surface area is 176 Å². The van der Waals surface area contributed by atoms with E-state index in [4.69, 9.17) is 9.15 Å². The maximum absolute atomic E-state index is 14.5. The Balaban J connectivity index is 2.02. The second-order valence-electron chi connectivity index (χ2n) is 6.86. The average Bonchev–Trinajstić information content (AvgIpc) is 3.34. The van der Waals surface area contributed by atoms with E-state index >= 15 is 0 Å². The van der Waals surface area contributed by atoms with Crippen molar-refractivity contribution in [3.05, 3.63) is 76.5 Å². The van der Waals surface area contributed by atoms with Crippen molar-refractivity contribution in [1.29, 1.82) is 0 Å². The molecule has 0 aliphatic heterocycles. The Morgan fingerprint density at radius 1 is 1.19 bits per heavy atom. The first-order valence-corrected chi connectivity index (χ1v) is 9.31. The molecule has 3 aromatic rings. The minimum atomic E-state index is -0.930. The number of nitrogens with one attached hydrogen (secondary N) is 1. The van der Waals surface area contributed by atoms with Crippen molar-refractivity contribution in [1.82, 2.24) is 4.98 Å². The van der Waals surface area contributed by atoms with Crippen LogP contribution in [0.15, 0.2) is 41.0 Å². The summed E-state index contributed by atoms with van der Waals surface area (Å²) >= 11 is 0. The molecule has 0 bridgehead atoms. The van der Waals surface area contributed by atoms with Crippen molar-refractivity contribution in [3.8, 4) is 0 Å². The highest BCUT2D eigenvalue weighted by atomic mass is 19.1. The summed E-state index contributed by atoms with van der Waals surface area (Å²) in [5.74, 6) is -2.99. The largest absolute Gasteiger partial charge is 0.467 e. The van der Waals surface area contributed by atoms with Crippen LogP contribution in [0.4, 0.5) is 14.5 Å². The number of Topliss-reactive ketones (excluding diaryl/α,β-unsaturated/α-hetero) is 1. The third kappa shape index (κ3) is 4.55. The molecule has 9 heteroatoms. The van der Waals surface area contributed by atoms with Crippen molar-refractivity contribution >= 4 is 23.3 Å². The maximum atomic E-state index is 14.5. The molecule has 0 saturated heterocycles. The molecule has 2 aromatic heterocycles. The molecule has 0 aliphatic rings. The van der Waals surface area contributed by atoms with Gasteiger partial charge < -0.3 is 19.0 Å². The van der Waals surface area contributed by atoms with Crippen molar-refractivity contribution in [2.75, 3.05) is 12.0 Å². The van der Waals surface area contributed by atoms with Crippen molar-refractivity contribution in [2.24, 2.45) is 0 Å². The Hall–Kier alpha value is -3.75. The number of methoxy groups -OCH3 is 1. The van der Waals surface area contributed by atoms with Crippen molar-refractivity contribution < 1.29 is 32.3 Å². The van der Waals surface area contributed by atoms with E-state index < -0.39 is 23.5 Å². The van der Waals surface area contributed by atoms with Crippen LogP contribution >= 0.6 is 0 Å². The number of hydrogen-bond donors (Lipinski definition) is 1. The summed E-state index contributed by atoms with van der Waals surface area (Å²) in [4.78, 5) is 41.2. The molecule has 1 aromatic carbocycles. The summed E-state index contributed by atoms with van der Waals surface area (Å²) in [6.45, 7) is 2.76. The van der Waals surface area contributed by atoms with E-state index in [0.29, 0.717) is 17.4 Å². The average molecular weight is 430 g/mol. The zero-order valence-electron chi connectivity index (χ0n) is 17.1. The lowest BCUT2D eigenvalue weighted by Gasteiger charge is -2.22. The fourth-order valence-electron chi connectivity index (χ4n) is 3.33. The number of aromatic amines is 1. The van der Waals surface area contributed by atoms with E-state index in [-0.39, 0.29) is 41.4 Å². The molecule has 0 spiro atoms. The molecule has 0 saturated carbocycles. The van der Waals surface area contributed by atoms with Crippen LogP contribution in [0.3, 0.4) is 0 Å². The lowest BCUT2D eigenvalue weighted by Crippen LogP contribution is -2.33. The number of hydrogen-bond acceptors (Lipinski definition) is 5. The van der Waals surface area contributed by atoms with Crippen LogP contribution in [0, 0.1) is 18.6 Å². The Kier molecular flexibility index (Phi) is 6.33. The van der Waals surface area contributed by atoms with Crippen molar-refractivity contribution in [3.63, 3.8) is 0 Å². The number of benzene rings is 1. The van der Waals surface area contributed by atoms with E-state index in [1.54, 1.807) is 19.1 Å². The van der Waals surface area contributed by atoms with Crippen LogP contribution in [0.1, 0.15) is 44.8 Å². The summed E-state index contributed by atoms with van der Waals surface area (Å²) in [5.41, 5.74) is 0.601. The molecule has 7 nitrogen and oxygen atoms in total. The number of halogens is 2. The Bertz CT molecular complexity index is 1140. The third-order valence-electron chi connectivity index (χ3n) is 4.79. The zero-order valence-corrected chi connectivity index (χ0v) is 17.1. The number of ketones is 1. The van der Waals surface area contributed by atoms with Gasteiger partial charge in [0.15, 0.2) is 5.78 Å². The summed E-state index contributed by atoms with van der Waals surface area (Å²) < 4.78 is 37.9. The van der Waals surface area contributed by atoms with E-state index in [9.17, 15) is 23.2 Å². The van der Waals surface area contributed by atoms with Gasteiger partial charge in [0.05, 0.1) is 43.3 Å². The SMILES string of the molecule is COC(=O)c1c(CC(=O)N(Cc2ccco2)c2ccc(F)cc2F)[nH]c(C(C)=O)c1C. The maximum Gasteiger partial charge on any atom is 0.339 e. The van der Waals surface area contributed by atoms with E-state index in [0.717, 1.165) is 17.0 Å². The molecular weight excluding hydrogens is 410 g/mol. The van der Waals surface area contributed by atoms with Crippen LogP contribution in [-0.4, -0.2) is 29.8 Å². The van der Waals surface area contributed by atoms with Gasteiger partial charge in [0.2, 0.25) is 5.91 Å². The van der Waals surface area contributed by atoms with Gasteiger partial charge in [-0.05, 0) is 36.8 Å². The van der Waals surface area contributed by atoms with Gasteiger partial charge in [-0.25, -0.2) is 13.6 Å². The topological polar surface area (TPSA) is 92.6 Å². The molecule has 0 unspecified atom stereocenters. The first kappa shape index (κ1) is 21.9. The van der Waals surface area contributed by atoms with Crippen LogP contribution in [0.2, 0.25) is 0 Å². The number of carbonyl (C=O) groups excluding carboxylic acids is 3. The molecule has 3 rings (SSSR count). The van der Waals surface area contributed by atoms with Gasteiger partial charge in [0.25, 0.3) is 0 Å². The highest BCUT2D eigenvalue weighted by Gasteiger charge is 2.27. The molecule has 1 amide bonds. The van der Waals surface area contributed by atoms with Crippen molar-refractivity contribution in [2.45, 2.75) is 26.8 Å². The first-order chi connectivity index (χ1) is 14.7. The van der Waals surface area contributed by atoms with Crippen LogP contribution in [-0.2, 0) is 22.5 Å². The summed E-state index contributed by atoms with van der Waals surface area (Å²) in [6, 6.07) is 6.07. The molecule has 2 heterocycles. The molecule has 1 N–H and O–H groups in total. The second-order valence-corrected chi connectivity index (χ2v) is 6.86. The molecule has 31 heavy (non-hydrogen) atoms. The molecule has 0 fully saturated rings. The standard InChI is InChI=1S/C22H20F2N2O5/c1-12-20(22(29)30-3)17(25-21(12)13(2)27)10-19(28)26(11-15-5-4-8-31-15)18-7-6-14(23)9-16(18)24/h4-9,25H,10-11H2,1-3H3. The molecule has 0 atom stereocenters. The molecular formula is C22H20F2N2O5. The third-order valence-corrected chi connectivity index (χ3v) is 4.79. The molecule has 0 aliphatic carbocycles. The van der Waals surface area contributed by atoms with Gasteiger partial charge in [-0.15, -0.1) is 0 Å². The quantitative estimate of drug-likeness (QED) is 0.453. The minimum Gasteiger partial charge on any atom is -0.467 e. The van der Waals surface area contributed by atoms with Gasteiger partial charge >= 0.3 is 5.97 Å². The number of nitrogens with zero attached hydrogens (tertiary/aromatic N) is 1. The van der Waals surface area contributed by atoms with Gasteiger partial charge in [-0.3, -0.25) is 9.59 Å². The number of anilines is 1. The summed E-state index contributed by atoms with van der Waals surface area (Å²) in [6.07, 6.45) is 1.04. The van der Waals surface area contributed by atoms with E-state index in [2.05, 4.69) is 4.98 Å². The fourth-order valence-corrected chi connectivity index (χ4v) is 3.33. The van der Waals surface area contributed by atoms with Gasteiger partial charge in [0.1, 0.15) is 17.4 Å². The normalized spacial score (nSPS) is 10.7. The van der Waals surface area contributed by atoms with Gasteiger partial charge in [0, 0.05) is 18.7 Å². The van der Waals surface area contributed by atoms with Crippen LogP contribution in [0.5, 0.6) is 0 Å². The summed E-state index contributed by atoms with van der Waals surface area (Å²) in [5, 5.41) is 0. The first-order valence-electron chi connectivity index (χ1n) is 9.31. The van der Waals surface area contributed by atoms with E-state index in [1.165, 1.54) is 20.3 Å². The van der Waals surface area contributed by atoms with Gasteiger partial charge in [-0.2, -0.15) is 0 Å². The van der Waals surface area contributed by atoms with Crippen LogP contribution < -0.4 is 4.90 Å². The minimum absolute atomic E-state index is 0.0681. The molecule has 0 radical (unpaired) electrons. The number of H-pyrrole nitrogens is 1. The highest BCUT2D eigenvalue weighted by Crippen LogP contribution is 2.26. The number of carbonyl (C=O) groups is 3. The number of esters is 1. The highest BCUT2D eigenvalue weighted by molar-refractivity contribution is 6.02. The fraction of sp³-hybridized carbons (Fsp3) is 0.227. The Morgan fingerprint density at radius 2 is 1.94 bits per heavy atom. The Morgan fingerprint density at radius 3 is 2.52 bits per heavy atom. The lowest BCUT2D eigenvalue weighted by molar-refractivity contribution is -0.118. The van der Waals surface area contributed by atoms with E-state index in [1.807, 2.05) is 0 Å². The lowest BCUT2D eigenvalue weighted by atomic mass is 10.1. The molecule has 162 valence electrons. The monoisotopic (exact) mass is 430 g/mol. The number of furan rings is 1. The smallest absolute Gasteiger partial charge is 0.339 e. The zero-order chi connectivity index (χ0) is 22.7. The number of amides is 1. The number of rotatable bonds is 7. The summed E-state index contributed by atoms with van der Waals surface area (Å²) in [7, 11) is 1.19. The number of aromatic nitrogens is 1. The second kappa shape index (κ2) is 8.95. The predicted octanol–water partition coefficient (Wildman–Crippen LogP) is 3.96. The van der Waals surface area contributed by atoms with Gasteiger partial charge in [-0.1, -0.05) is 0 Å².